The lowest BCUT2D eigenvalue weighted by molar-refractivity contribution is 0.668. The monoisotopic (exact) mass is 779 g/mol. The van der Waals surface area contributed by atoms with Crippen molar-refractivity contribution in [2.45, 2.75) is 0 Å². The second kappa shape index (κ2) is 14.3. The lowest BCUT2D eigenvalue weighted by Gasteiger charge is -2.26. The van der Waals surface area contributed by atoms with Gasteiger partial charge in [0.15, 0.2) is 0 Å². The van der Waals surface area contributed by atoms with Gasteiger partial charge in [-0.15, -0.1) is 0 Å². The molecule has 0 fully saturated rings. The van der Waals surface area contributed by atoms with Gasteiger partial charge < -0.3 is 13.7 Å². The van der Waals surface area contributed by atoms with Gasteiger partial charge in [0.2, 0.25) is 0 Å². The average molecular weight is 780 g/mol. The summed E-state index contributed by atoms with van der Waals surface area (Å²) in [7, 11) is 0. The third-order valence-corrected chi connectivity index (χ3v) is 12.1. The number of hydrogen-bond donors (Lipinski definition) is 0. The maximum atomic E-state index is 6.30. The number of fused-ring (bicyclic) bond motifs is 7. The van der Waals surface area contributed by atoms with Crippen LogP contribution in [0.25, 0.3) is 99.2 Å². The van der Waals surface area contributed by atoms with Crippen molar-refractivity contribution in [3.8, 4) is 44.5 Å². The molecule has 10 aromatic carbocycles. The zero-order chi connectivity index (χ0) is 40.3. The van der Waals surface area contributed by atoms with Crippen molar-refractivity contribution in [2.75, 3.05) is 4.90 Å². The van der Waals surface area contributed by atoms with E-state index in [-0.39, 0.29) is 0 Å². The van der Waals surface area contributed by atoms with Gasteiger partial charge in [-0.1, -0.05) is 158 Å². The van der Waals surface area contributed by atoms with Crippen LogP contribution in [0.1, 0.15) is 0 Å². The van der Waals surface area contributed by atoms with E-state index in [4.69, 9.17) is 8.83 Å². The van der Waals surface area contributed by atoms with Gasteiger partial charge in [-0.05, 0) is 122 Å². The highest BCUT2D eigenvalue weighted by Crippen LogP contribution is 2.42. The molecule has 61 heavy (non-hydrogen) atoms. The van der Waals surface area contributed by atoms with E-state index in [2.05, 4.69) is 205 Å². The number of hydrogen-bond acceptors (Lipinski definition) is 3. The van der Waals surface area contributed by atoms with E-state index in [0.29, 0.717) is 0 Å². The van der Waals surface area contributed by atoms with Crippen molar-refractivity contribution in [1.82, 2.24) is 0 Å². The van der Waals surface area contributed by atoms with Crippen LogP contribution in [-0.2, 0) is 0 Å². The van der Waals surface area contributed by atoms with E-state index in [1.54, 1.807) is 0 Å². The molecule has 0 unspecified atom stereocenters. The van der Waals surface area contributed by atoms with Crippen molar-refractivity contribution in [3.05, 3.63) is 224 Å². The second-order valence-electron chi connectivity index (χ2n) is 15.7. The van der Waals surface area contributed by atoms with E-state index in [1.807, 2.05) is 24.3 Å². The fraction of sp³-hybridized carbons (Fsp3) is 0. The molecule has 12 rings (SSSR count). The highest BCUT2D eigenvalue weighted by molar-refractivity contribution is 6.12. The minimum Gasteiger partial charge on any atom is -0.456 e. The average Bonchev–Trinajstić information content (AvgIpc) is 3.90. The summed E-state index contributed by atoms with van der Waals surface area (Å²) >= 11 is 0. The molecule has 0 spiro atoms. The Morgan fingerprint density at radius 3 is 1.54 bits per heavy atom. The van der Waals surface area contributed by atoms with Gasteiger partial charge >= 0.3 is 0 Å². The van der Waals surface area contributed by atoms with Gasteiger partial charge in [-0.2, -0.15) is 0 Å². The predicted molar refractivity (Wildman–Crippen MR) is 255 cm³/mol. The molecule has 0 aliphatic heterocycles. The lowest BCUT2D eigenvalue weighted by atomic mass is 9.96. The molecule has 0 bridgehead atoms. The number of nitrogens with zero attached hydrogens (tertiary/aromatic N) is 1. The van der Waals surface area contributed by atoms with Crippen LogP contribution in [0.5, 0.6) is 0 Å². The van der Waals surface area contributed by atoms with Crippen molar-refractivity contribution in [2.24, 2.45) is 0 Å². The maximum absolute atomic E-state index is 6.30. The molecule has 3 heteroatoms. The third kappa shape index (κ3) is 6.06. The van der Waals surface area contributed by atoms with E-state index in [0.717, 1.165) is 88.8 Å². The number of benzene rings is 10. The molecule has 3 nitrogen and oxygen atoms in total. The Labute approximate surface area is 353 Å². The van der Waals surface area contributed by atoms with Crippen LogP contribution < -0.4 is 4.90 Å². The first-order valence-electron chi connectivity index (χ1n) is 20.7. The molecule has 12 aromatic rings. The minimum atomic E-state index is 0.887. The highest BCUT2D eigenvalue weighted by Gasteiger charge is 2.17. The quantitative estimate of drug-likeness (QED) is 0.161. The lowest BCUT2D eigenvalue weighted by Crippen LogP contribution is -2.10. The largest absolute Gasteiger partial charge is 0.456 e. The first kappa shape index (κ1) is 34.9. The predicted octanol–water partition coefficient (Wildman–Crippen LogP) is 16.8. The molecule has 286 valence electrons. The minimum absolute atomic E-state index is 0.887. The standard InChI is InChI=1S/C58H37NO2/c1-2-14-48-40(10-1)11-8-17-49(48)41-24-22-38(23-25-41)39-26-31-45(32-27-39)59(46-33-28-42(29-34-46)50-18-9-21-56-58(50)53-16-4-6-20-55(53)60-56)47-13-7-12-43(36-47)44-30-35-52-51-15-3-5-19-54(51)61-57(52)37-44/h1-37H. The van der Waals surface area contributed by atoms with Gasteiger partial charge in [0.25, 0.3) is 0 Å². The Hall–Kier alpha value is -8.14. The summed E-state index contributed by atoms with van der Waals surface area (Å²) in [6.45, 7) is 0. The first-order valence-corrected chi connectivity index (χ1v) is 20.7. The zero-order valence-corrected chi connectivity index (χ0v) is 33.1. The molecule has 2 heterocycles. The molecular weight excluding hydrogens is 743 g/mol. The molecule has 0 saturated carbocycles. The van der Waals surface area contributed by atoms with E-state index >= 15 is 0 Å². The Morgan fingerprint density at radius 2 is 0.754 bits per heavy atom. The fourth-order valence-electron chi connectivity index (χ4n) is 9.10. The van der Waals surface area contributed by atoms with Gasteiger partial charge in [0, 0.05) is 38.6 Å². The number of furan rings is 2. The number of para-hydroxylation sites is 2. The van der Waals surface area contributed by atoms with Crippen LogP contribution in [0.2, 0.25) is 0 Å². The van der Waals surface area contributed by atoms with Gasteiger partial charge in [-0.25, -0.2) is 0 Å². The molecule has 0 saturated heterocycles. The first-order chi connectivity index (χ1) is 30.2. The molecule has 2 aromatic heterocycles. The molecule has 0 radical (unpaired) electrons. The molecule has 0 aliphatic carbocycles. The molecule has 0 atom stereocenters. The SMILES string of the molecule is c1cc(-c2ccc3c(c2)oc2ccccc23)cc(N(c2ccc(-c3ccc(-c4cccc5ccccc45)cc3)cc2)c2ccc(-c3cccc4oc5ccccc5c34)cc2)c1. The molecular formula is C58H37NO2. The normalized spacial score (nSPS) is 11.6. The zero-order valence-electron chi connectivity index (χ0n) is 33.1. The summed E-state index contributed by atoms with van der Waals surface area (Å²) in [6, 6.07) is 80.0. The Morgan fingerprint density at radius 1 is 0.262 bits per heavy atom. The highest BCUT2D eigenvalue weighted by atomic mass is 16.3. The summed E-state index contributed by atoms with van der Waals surface area (Å²) in [4.78, 5) is 2.34. The van der Waals surface area contributed by atoms with Crippen LogP contribution in [0.15, 0.2) is 233 Å². The van der Waals surface area contributed by atoms with Crippen LogP contribution in [0, 0.1) is 0 Å². The van der Waals surface area contributed by atoms with Crippen LogP contribution in [0.4, 0.5) is 17.1 Å². The Balaban J connectivity index is 0.928. The molecule has 0 N–H and O–H groups in total. The van der Waals surface area contributed by atoms with Gasteiger partial charge in [0.05, 0.1) is 0 Å². The summed E-state index contributed by atoms with van der Waals surface area (Å²) in [5.74, 6) is 0. The van der Waals surface area contributed by atoms with Crippen molar-refractivity contribution in [3.63, 3.8) is 0 Å². The molecule has 0 aliphatic rings. The van der Waals surface area contributed by atoms with E-state index in [9.17, 15) is 0 Å². The summed E-state index contributed by atoms with van der Waals surface area (Å²) in [6.07, 6.45) is 0. The van der Waals surface area contributed by atoms with E-state index in [1.165, 1.54) is 27.5 Å². The topological polar surface area (TPSA) is 29.5 Å². The summed E-state index contributed by atoms with van der Waals surface area (Å²) < 4.78 is 12.5. The van der Waals surface area contributed by atoms with Crippen LogP contribution in [-0.4, -0.2) is 0 Å². The summed E-state index contributed by atoms with van der Waals surface area (Å²) in [5.41, 5.74) is 16.1. The second-order valence-corrected chi connectivity index (χ2v) is 15.7. The van der Waals surface area contributed by atoms with Crippen LogP contribution >= 0.6 is 0 Å². The smallest absolute Gasteiger partial charge is 0.136 e. The third-order valence-electron chi connectivity index (χ3n) is 12.1. The van der Waals surface area contributed by atoms with Crippen molar-refractivity contribution in [1.29, 1.82) is 0 Å². The van der Waals surface area contributed by atoms with Gasteiger partial charge in [-0.3, -0.25) is 0 Å². The van der Waals surface area contributed by atoms with Crippen LogP contribution in [0.3, 0.4) is 0 Å². The maximum Gasteiger partial charge on any atom is 0.136 e. The number of anilines is 3. The molecule has 0 amide bonds. The van der Waals surface area contributed by atoms with Crippen molar-refractivity contribution >= 4 is 71.7 Å². The number of rotatable bonds is 7. The fourth-order valence-corrected chi connectivity index (χ4v) is 9.10. The van der Waals surface area contributed by atoms with E-state index < -0.39 is 0 Å². The Bertz CT molecular complexity index is 3570. The Kier molecular flexibility index (Phi) is 8.17. The van der Waals surface area contributed by atoms with Crippen molar-refractivity contribution < 1.29 is 8.83 Å². The van der Waals surface area contributed by atoms with Gasteiger partial charge in [0.1, 0.15) is 22.3 Å². The summed E-state index contributed by atoms with van der Waals surface area (Å²) in [5, 5.41) is 7.03.